The SMILES string of the molecule is CCC(CC)(C(=O)Cc1ccc(F)cc1Cl)N(C)C. The van der Waals surface area contributed by atoms with E-state index in [-0.39, 0.29) is 18.0 Å². The van der Waals surface area contributed by atoms with E-state index in [4.69, 9.17) is 11.6 Å². The molecule has 0 aliphatic carbocycles. The van der Waals surface area contributed by atoms with Gasteiger partial charge in [-0.3, -0.25) is 9.69 Å². The minimum atomic E-state index is -0.474. The van der Waals surface area contributed by atoms with E-state index < -0.39 is 5.54 Å². The first-order valence-electron chi connectivity index (χ1n) is 6.52. The van der Waals surface area contributed by atoms with Crippen molar-refractivity contribution in [3.8, 4) is 0 Å². The third kappa shape index (κ3) is 3.34. The van der Waals surface area contributed by atoms with Gasteiger partial charge < -0.3 is 0 Å². The van der Waals surface area contributed by atoms with Crippen molar-refractivity contribution in [3.63, 3.8) is 0 Å². The van der Waals surface area contributed by atoms with Crippen molar-refractivity contribution in [2.24, 2.45) is 0 Å². The second-order valence-corrected chi connectivity index (χ2v) is 5.38. The summed E-state index contributed by atoms with van der Waals surface area (Å²) in [5.41, 5.74) is 0.207. The van der Waals surface area contributed by atoms with E-state index >= 15 is 0 Å². The highest BCUT2D eigenvalue weighted by Gasteiger charge is 2.36. The van der Waals surface area contributed by atoms with Crippen LogP contribution in [0.5, 0.6) is 0 Å². The summed E-state index contributed by atoms with van der Waals surface area (Å²) in [6.07, 6.45) is 1.72. The van der Waals surface area contributed by atoms with Crippen LogP contribution < -0.4 is 0 Å². The maximum atomic E-state index is 13.0. The Morgan fingerprint density at radius 1 is 1.32 bits per heavy atom. The molecule has 0 saturated carbocycles. The summed E-state index contributed by atoms with van der Waals surface area (Å²) < 4.78 is 13.0. The summed E-state index contributed by atoms with van der Waals surface area (Å²) in [6.45, 7) is 4.02. The Labute approximate surface area is 119 Å². The van der Waals surface area contributed by atoms with Gasteiger partial charge in [0.05, 0.1) is 5.54 Å². The molecule has 0 spiro atoms. The Balaban J connectivity index is 3.00. The number of ketones is 1. The Morgan fingerprint density at radius 2 is 1.89 bits per heavy atom. The summed E-state index contributed by atoms with van der Waals surface area (Å²) >= 11 is 5.98. The van der Waals surface area contributed by atoms with Gasteiger partial charge in [0.2, 0.25) is 0 Å². The average Bonchev–Trinajstić information content (AvgIpc) is 2.34. The molecule has 0 amide bonds. The maximum absolute atomic E-state index is 13.0. The Kier molecular flexibility index (Phi) is 5.50. The molecule has 0 bridgehead atoms. The van der Waals surface area contributed by atoms with Gasteiger partial charge in [0, 0.05) is 11.4 Å². The lowest BCUT2D eigenvalue weighted by molar-refractivity contribution is -0.129. The zero-order chi connectivity index (χ0) is 14.6. The molecular weight excluding hydrogens is 265 g/mol. The van der Waals surface area contributed by atoms with Crippen LogP contribution in [-0.4, -0.2) is 30.3 Å². The lowest BCUT2D eigenvalue weighted by Gasteiger charge is -2.37. The number of Topliss-reactive ketones (excluding diaryl/α,β-unsaturated/α-hetero) is 1. The normalized spacial score (nSPS) is 11.9. The highest BCUT2D eigenvalue weighted by molar-refractivity contribution is 6.31. The van der Waals surface area contributed by atoms with E-state index in [2.05, 4.69) is 0 Å². The second-order valence-electron chi connectivity index (χ2n) is 4.97. The molecule has 1 aromatic carbocycles. The van der Waals surface area contributed by atoms with Gasteiger partial charge in [0.25, 0.3) is 0 Å². The van der Waals surface area contributed by atoms with Gasteiger partial charge in [-0.1, -0.05) is 31.5 Å². The number of hydrogen-bond acceptors (Lipinski definition) is 2. The molecule has 0 radical (unpaired) electrons. The second kappa shape index (κ2) is 6.49. The number of carbonyl (C=O) groups excluding carboxylic acids is 1. The zero-order valence-electron chi connectivity index (χ0n) is 12.0. The lowest BCUT2D eigenvalue weighted by Crippen LogP contribution is -2.51. The number of halogens is 2. The number of benzene rings is 1. The summed E-state index contributed by atoms with van der Waals surface area (Å²) in [4.78, 5) is 14.5. The molecule has 0 fully saturated rings. The van der Waals surface area contributed by atoms with Gasteiger partial charge in [0.15, 0.2) is 5.78 Å². The minimum absolute atomic E-state index is 0.121. The molecule has 106 valence electrons. The Hall–Kier alpha value is -0.930. The standard InChI is InChI=1S/C15H21ClFNO/c1-5-15(6-2,18(3)4)14(19)9-11-7-8-12(17)10-13(11)16/h7-8,10H,5-6,9H2,1-4H3. The fraction of sp³-hybridized carbons (Fsp3) is 0.533. The van der Waals surface area contributed by atoms with Crippen LogP contribution in [0.4, 0.5) is 4.39 Å². The molecule has 0 saturated heterocycles. The van der Waals surface area contributed by atoms with Crippen molar-refractivity contribution in [2.75, 3.05) is 14.1 Å². The molecule has 1 aromatic rings. The first-order chi connectivity index (χ1) is 8.87. The highest BCUT2D eigenvalue weighted by atomic mass is 35.5. The van der Waals surface area contributed by atoms with E-state index in [1.54, 1.807) is 6.07 Å². The fourth-order valence-electron chi connectivity index (χ4n) is 2.53. The Morgan fingerprint density at radius 3 is 2.32 bits per heavy atom. The molecular formula is C15H21ClFNO. The third-order valence-corrected chi connectivity index (χ3v) is 4.26. The molecule has 19 heavy (non-hydrogen) atoms. The molecule has 1 rings (SSSR count). The first-order valence-corrected chi connectivity index (χ1v) is 6.89. The predicted molar refractivity (Wildman–Crippen MR) is 77.1 cm³/mol. The van der Waals surface area contributed by atoms with Gasteiger partial charge in [-0.2, -0.15) is 0 Å². The van der Waals surface area contributed by atoms with Crippen molar-refractivity contribution in [3.05, 3.63) is 34.6 Å². The molecule has 0 aromatic heterocycles. The lowest BCUT2D eigenvalue weighted by atomic mass is 9.83. The quantitative estimate of drug-likeness (QED) is 0.794. The van der Waals surface area contributed by atoms with Crippen molar-refractivity contribution >= 4 is 17.4 Å². The van der Waals surface area contributed by atoms with Crippen molar-refractivity contribution in [2.45, 2.75) is 38.6 Å². The minimum Gasteiger partial charge on any atom is -0.297 e. The van der Waals surface area contributed by atoms with E-state index in [0.717, 1.165) is 12.8 Å². The van der Waals surface area contributed by atoms with Gasteiger partial charge in [-0.15, -0.1) is 0 Å². The number of rotatable bonds is 6. The van der Waals surface area contributed by atoms with Gasteiger partial charge in [-0.05, 0) is 44.6 Å². The van der Waals surface area contributed by atoms with Crippen LogP contribution in [0.1, 0.15) is 32.3 Å². The Bertz CT molecular complexity index is 455. The van der Waals surface area contributed by atoms with Crippen LogP contribution in [0.25, 0.3) is 0 Å². The van der Waals surface area contributed by atoms with Crippen molar-refractivity contribution in [1.82, 2.24) is 4.90 Å². The predicted octanol–water partition coefficient (Wildman–Crippen LogP) is 3.71. The van der Waals surface area contributed by atoms with E-state index in [1.807, 2.05) is 32.8 Å². The smallest absolute Gasteiger partial charge is 0.157 e. The van der Waals surface area contributed by atoms with Crippen LogP contribution in [0.15, 0.2) is 18.2 Å². The van der Waals surface area contributed by atoms with E-state index in [1.165, 1.54) is 12.1 Å². The molecule has 0 unspecified atom stereocenters. The third-order valence-electron chi connectivity index (χ3n) is 3.91. The summed E-state index contributed by atoms with van der Waals surface area (Å²) in [5, 5.41) is 0.313. The fourth-order valence-corrected chi connectivity index (χ4v) is 2.76. The zero-order valence-corrected chi connectivity index (χ0v) is 12.7. The molecule has 0 aliphatic rings. The van der Waals surface area contributed by atoms with Gasteiger partial charge >= 0.3 is 0 Å². The average molecular weight is 286 g/mol. The first kappa shape index (κ1) is 16.1. The summed E-state index contributed by atoms with van der Waals surface area (Å²) in [6, 6.07) is 4.17. The van der Waals surface area contributed by atoms with Crippen LogP contribution in [0.2, 0.25) is 5.02 Å². The van der Waals surface area contributed by atoms with Gasteiger partial charge in [0.1, 0.15) is 5.82 Å². The summed E-state index contributed by atoms with van der Waals surface area (Å²) in [7, 11) is 3.83. The molecule has 0 heterocycles. The van der Waals surface area contributed by atoms with E-state index in [0.29, 0.717) is 10.6 Å². The summed E-state index contributed by atoms with van der Waals surface area (Å²) in [5.74, 6) is -0.262. The largest absolute Gasteiger partial charge is 0.297 e. The topological polar surface area (TPSA) is 20.3 Å². The van der Waals surface area contributed by atoms with Crippen LogP contribution in [0, 0.1) is 5.82 Å². The number of nitrogens with zero attached hydrogens (tertiary/aromatic N) is 1. The van der Waals surface area contributed by atoms with Crippen molar-refractivity contribution in [1.29, 1.82) is 0 Å². The molecule has 0 aliphatic heterocycles. The van der Waals surface area contributed by atoms with Crippen LogP contribution in [0.3, 0.4) is 0 Å². The van der Waals surface area contributed by atoms with Crippen molar-refractivity contribution < 1.29 is 9.18 Å². The molecule has 0 atom stereocenters. The molecule has 2 nitrogen and oxygen atoms in total. The number of carbonyl (C=O) groups is 1. The van der Waals surface area contributed by atoms with Crippen LogP contribution in [-0.2, 0) is 11.2 Å². The van der Waals surface area contributed by atoms with Gasteiger partial charge in [-0.25, -0.2) is 4.39 Å². The van der Waals surface area contributed by atoms with Crippen LogP contribution >= 0.6 is 11.6 Å². The number of likely N-dealkylation sites (N-methyl/N-ethyl adjacent to an activating group) is 1. The monoisotopic (exact) mass is 285 g/mol. The van der Waals surface area contributed by atoms with E-state index in [9.17, 15) is 9.18 Å². The maximum Gasteiger partial charge on any atom is 0.157 e. The molecule has 4 heteroatoms. The number of hydrogen-bond donors (Lipinski definition) is 0. The molecule has 0 N–H and O–H groups in total. The highest BCUT2D eigenvalue weighted by Crippen LogP contribution is 2.26.